The Kier molecular flexibility index (Phi) is 5.31. The molecular formula is C13H19N3O4. The molecule has 3 N–H and O–H groups in total. The SMILES string of the molecule is CCOc1ccc(NC(=O)NC(C)(CC)C(=O)O)cn1. The molecule has 1 heterocycles. The summed E-state index contributed by atoms with van der Waals surface area (Å²) in [6.45, 7) is 5.49. The molecule has 7 heteroatoms. The quantitative estimate of drug-likeness (QED) is 0.738. The lowest BCUT2D eigenvalue weighted by Gasteiger charge is -2.24. The number of pyridine rings is 1. The molecule has 110 valence electrons. The minimum absolute atomic E-state index is 0.275. The second-order valence-corrected chi connectivity index (χ2v) is 4.39. The fourth-order valence-electron chi connectivity index (χ4n) is 1.39. The van der Waals surface area contributed by atoms with Crippen LogP contribution in [-0.2, 0) is 4.79 Å². The van der Waals surface area contributed by atoms with Crippen molar-refractivity contribution < 1.29 is 19.4 Å². The van der Waals surface area contributed by atoms with E-state index in [-0.39, 0.29) is 6.42 Å². The molecule has 0 aromatic carbocycles. The summed E-state index contributed by atoms with van der Waals surface area (Å²) in [6, 6.07) is 2.65. The van der Waals surface area contributed by atoms with E-state index in [4.69, 9.17) is 9.84 Å². The molecule has 0 aliphatic carbocycles. The van der Waals surface area contributed by atoms with Gasteiger partial charge in [0.2, 0.25) is 5.88 Å². The molecule has 0 fully saturated rings. The van der Waals surface area contributed by atoms with Crippen molar-refractivity contribution in [2.45, 2.75) is 32.7 Å². The van der Waals surface area contributed by atoms with Crippen LogP contribution >= 0.6 is 0 Å². The molecule has 7 nitrogen and oxygen atoms in total. The Bertz CT molecular complexity index is 475. The molecule has 20 heavy (non-hydrogen) atoms. The van der Waals surface area contributed by atoms with Crippen LogP contribution in [0.4, 0.5) is 10.5 Å². The van der Waals surface area contributed by atoms with Crippen LogP contribution in [0, 0.1) is 0 Å². The fraction of sp³-hybridized carbons (Fsp3) is 0.462. The molecule has 0 aliphatic rings. The lowest BCUT2D eigenvalue weighted by atomic mass is 10.00. The van der Waals surface area contributed by atoms with E-state index >= 15 is 0 Å². The minimum atomic E-state index is -1.30. The number of aromatic nitrogens is 1. The summed E-state index contributed by atoms with van der Waals surface area (Å²) < 4.78 is 5.18. The van der Waals surface area contributed by atoms with Crippen molar-refractivity contribution in [2.75, 3.05) is 11.9 Å². The van der Waals surface area contributed by atoms with Gasteiger partial charge in [-0.2, -0.15) is 0 Å². The van der Waals surface area contributed by atoms with Gasteiger partial charge in [-0.05, 0) is 26.3 Å². The number of nitrogens with one attached hydrogen (secondary N) is 2. The summed E-state index contributed by atoms with van der Waals surface area (Å²) in [7, 11) is 0. The summed E-state index contributed by atoms with van der Waals surface area (Å²) in [5.41, 5.74) is -0.849. The second kappa shape index (κ2) is 6.74. The lowest BCUT2D eigenvalue weighted by molar-refractivity contribution is -0.143. The number of nitrogens with zero attached hydrogens (tertiary/aromatic N) is 1. The number of rotatable bonds is 6. The maximum absolute atomic E-state index is 11.8. The van der Waals surface area contributed by atoms with Gasteiger partial charge in [-0.25, -0.2) is 14.6 Å². The van der Waals surface area contributed by atoms with Gasteiger partial charge in [0.25, 0.3) is 0 Å². The molecular weight excluding hydrogens is 262 g/mol. The number of carboxylic acids is 1. The Balaban J connectivity index is 2.64. The smallest absolute Gasteiger partial charge is 0.329 e. The first-order valence-electron chi connectivity index (χ1n) is 6.32. The summed E-state index contributed by atoms with van der Waals surface area (Å²) in [6.07, 6.45) is 1.71. The standard InChI is InChI=1S/C13H19N3O4/c1-4-13(3,11(17)18)16-12(19)15-9-6-7-10(14-8-9)20-5-2/h6-8H,4-5H2,1-3H3,(H,17,18)(H2,15,16,19). The van der Waals surface area contributed by atoms with E-state index in [0.717, 1.165) is 0 Å². The van der Waals surface area contributed by atoms with Gasteiger partial charge in [0, 0.05) is 6.07 Å². The van der Waals surface area contributed by atoms with Crippen LogP contribution < -0.4 is 15.4 Å². The zero-order valence-electron chi connectivity index (χ0n) is 11.8. The van der Waals surface area contributed by atoms with Crippen LogP contribution in [0.25, 0.3) is 0 Å². The van der Waals surface area contributed by atoms with Crippen molar-refractivity contribution in [1.29, 1.82) is 0 Å². The minimum Gasteiger partial charge on any atom is -0.480 e. The topological polar surface area (TPSA) is 101 Å². The molecule has 1 rings (SSSR count). The van der Waals surface area contributed by atoms with Gasteiger partial charge in [-0.3, -0.25) is 0 Å². The highest BCUT2D eigenvalue weighted by atomic mass is 16.5. The van der Waals surface area contributed by atoms with Crippen LogP contribution in [0.1, 0.15) is 27.2 Å². The Morgan fingerprint density at radius 1 is 1.40 bits per heavy atom. The number of ether oxygens (including phenoxy) is 1. The first-order chi connectivity index (χ1) is 9.41. The van der Waals surface area contributed by atoms with Gasteiger partial charge in [-0.1, -0.05) is 6.92 Å². The average molecular weight is 281 g/mol. The van der Waals surface area contributed by atoms with Crippen molar-refractivity contribution in [3.8, 4) is 5.88 Å². The summed E-state index contributed by atoms with van der Waals surface area (Å²) in [5, 5.41) is 14.0. The summed E-state index contributed by atoms with van der Waals surface area (Å²) in [4.78, 5) is 26.8. The van der Waals surface area contributed by atoms with E-state index in [1.807, 2.05) is 6.92 Å². The van der Waals surface area contributed by atoms with Crippen molar-refractivity contribution in [3.63, 3.8) is 0 Å². The number of aliphatic carboxylic acids is 1. The highest BCUT2D eigenvalue weighted by Gasteiger charge is 2.32. The maximum atomic E-state index is 11.8. The van der Waals surface area contributed by atoms with E-state index in [2.05, 4.69) is 15.6 Å². The van der Waals surface area contributed by atoms with Crippen LogP contribution in [-0.4, -0.2) is 34.2 Å². The number of hydrogen-bond donors (Lipinski definition) is 3. The van der Waals surface area contributed by atoms with E-state index in [1.165, 1.54) is 13.1 Å². The van der Waals surface area contributed by atoms with Crippen molar-refractivity contribution in [2.24, 2.45) is 0 Å². The monoisotopic (exact) mass is 281 g/mol. The van der Waals surface area contributed by atoms with Crippen molar-refractivity contribution in [1.82, 2.24) is 10.3 Å². The largest absolute Gasteiger partial charge is 0.480 e. The van der Waals surface area contributed by atoms with Crippen LogP contribution in [0.3, 0.4) is 0 Å². The molecule has 0 bridgehead atoms. The molecule has 1 atom stereocenters. The van der Waals surface area contributed by atoms with E-state index in [1.54, 1.807) is 19.1 Å². The normalized spacial score (nSPS) is 13.2. The second-order valence-electron chi connectivity index (χ2n) is 4.39. The molecule has 2 amide bonds. The zero-order valence-corrected chi connectivity index (χ0v) is 11.8. The Morgan fingerprint density at radius 3 is 2.55 bits per heavy atom. The number of carbonyl (C=O) groups is 2. The fourth-order valence-corrected chi connectivity index (χ4v) is 1.39. The van der Waals surface area contributed by atoms with Gasteiger partial charge in [0.1, 0.15) is 5.54 Å². The predicted molar refractivity (Wildman–Crippen MR) is 73.9 cm³/mol. The van der Waals surface area contributed by atoms with Gasteiger partial charge in [-0.15, -0.1) is 0 Å². The maximum Gasteiger partial charge on any atom is 0.329 e. The molecule has 1 aromatic rings. The number of hydrogen-bond acceptors (Lipinski definition) is 4. The first-order valence-corrected chi connectivity index (χ1v) is 6.32. The predicted octanol–water partition coefficient (Wildman–Crippen LogP) is 1.86. The van der Waals surface area contributed by atoms with Crippen molar-refractivity contribution in [3.05, 3.63) is 18.3 Å². The van der Waals surface area contributed by atoms with Crippen LogP contribution in [0.15, 0.2) is 18.3 Å². The van der Waals surface area contributed by atoms with Crippen molar-refractivity contribution >= 4 is 17.7 Å². The lowest BCUT2D eigenvalue weighted by Crippen LogP contribution is -2.53. The highest BCUT2D eigenvalue weighted by molar-refractivity contribution is 5.93. The third-order valence-electron chi connectivity index (χ3n) is 2.85. The number of anilines is 1. The molecule has 0 saturated carbocycles. The average Bonchev–Trinajstić information content (AvgIpc) is 2.40. The van der Waals surface area contributed by atoms with Gasteiger partial charge in [0.15, 0.2) is 0 Å². The molecule has 0 spiro atoms. The van der Waals surface area contributed by atoms with E-state index < -0.39 is 17.5 Å². The zero-order chi connectivity index (χ0) is 15.2. The molecule has 0 radical (unpaired) electrons. The van der Waals surface area contributed by atoms with Crippen LogP contribution in [0.5, 0.6) is 5.88 Å². The molecule has 1 aromatic heterocycles. The van der Waals surface area contributed by atoms with E-state index in [9.17, 15) is 9.59 Å². The third kappa shape index (κ3) is 4.11. The number of amides is 2. The molecule has 0 aliphatic heterocycles. The van der Waals surface area contributed by atoms with Gasteiger partial charge >= 0.3 is 12.0 Å². The number of carbonyl (C=O) groups excluding carboxylic acids is 1. The summed E-state index contributed by atoms with van der Waals surface area (Å²) >= 11 is 0. The van der Waals surface area contributed by atoms with Crippen LogP contribution in [0.2, 0.25) is 0 Å². The summed E-state index contributed by atoms with van der Waals surface area (Å²) in [5.74, 6) is -0.623. The number of urea groups is 1. The van der Waals surface area contributed by atoms with E-state index in [0.29, 0.717) is 18.2 Å². The first kappa shape index (κ1) is 15.7. The van der Waals surface area contributed by atoms with Gasteiger partial charge < -0.3 is 20.5 Å². The molecule has 1 unspecified atom stereocenters. The molecule has 0 saturated heterocycles. The van der Waals surface area contributed by atoms with Gasteiger partial charge in [0.05, 0.1) is 18.5 Å². The Morgan fingerprint density at radius 2 is 2.10 bits per heavy atom. The third-order valence-corrected chi connectivity index (χ3v) is 2.85. The Labute approximate surface area is 117 Å². The Hall–Kier alpha value is -2.31. The number of carboxylic acid groups (broad SMARTS) is 1. The highest BCUT2D eigenvalue weighted by Crippen LogP contribution is 2.13.